The number of hydrogen-bond donors (Lipinski definition) is 4. The Bertz CT molecular complexity index is 1180. The minimum Gasteiger partial charge on any atom is -0.394 e. The Labute approximate surface area is 166 Å². The molecule has 4 aromatic rings. The van der Waals surface area contributed by atoms with Crippen LogP contribution in [-0.4, -0.2) is 59.0 Å². The van der Waals surface area contributed by atoms with Crippen LogP contribution >= 0.6 is 0 Å². The third-order valence-corrected chi connectivity index (χ3v) is 5.10. The summed E-state index contributed by atoms with van der Waals surface area (Å²) in [7, 11) is 0. The zero-order valence-corrected chi connectivity index (χ0v) is 16.1. The molecule has 8 nitrogen and oxygen atoms in total. The Morgan fingerprint density at radius 1 is 0.931 bits per heavy atom. The first-order chi connectivity index (χ1) is 13.9. The number of nitrogens with zero attached hydrogens (tertiary/aromatic N) is 4. The summed E-state index contributed by atoms with van der Waals surface area (Å²) in [6, 6.07) is 13.1. The molecule has 0 spiro atoms. The third-order valence-electron chi connectivity index (χ3n) is 5.10. The molecule has 3 atom stereocenters. The molecule has 2 aromatic carbocycles. The summed E-state index contributed by atoms with van der Waals surface area (Å²) in [4.78, 5) is 9.37. The standard InChI is InChI=1S/C21H22N4O4/c1-11-8-14-15(9-12(11)2)23-21-18(22-14)17(20(29)19(28)16(27)10-26)24-25(21)13-6-4-3-5-7-13/h3-9,16,19-20,26-29H,10H2,1-2H3/t16-,19+,20+/m1/s1. The van der Waals surface area contributed by atoms with Gasteiger partial charge in [0.2, 0.25) is 0 Å². The fourth-order valence-electron chi connectivity index (χ4n) is 3.25. The van der Waals surface area contributed by atoms with Crippen molar-refractivity contribution in [1.29, 1.82) is 0 Å². The third kappa shape index (κ3) is 3.36. The zero-order chi connectivity index (χ0) is 20.7. The number of benzene rings is 2. The van der Waals surface area contributed by atoms with Crippen LogP contribution in [0, 0.1) is 13.8 Å². The summed E-state index contributed by atoms with van der Waals surface area (Å²) in [5.74, 6) is 0. The predicted molar refractivity (Wildman–Crippen MR) is 108 cm³/mol. The molecule has 0 aliphatic heterocycles. The Hall–Kier alpha value is -2.91. The lowest BCUT2D eigenvalue weighted by atomic mass is 10.0. The number of aliphatic hydroxyl groups excluding tert-OH is 4. The number of hydrogen-bond acceptors (Lipinski definition) is 7. The van der Waals surface area contributed by atoms with Crippen molar-refractivity contribution in [3.8, 4) is 5.69 Å². The lowest BCUT2D eigenvalue weighted by Gasteiger charge is -2.20. The Kier molecular flexibility index (Phi) is 5.01. The first-order valence-corrected chi connectivity index (χ1v) is 9.29. The highest BCUT2D eigenvalue weighted by Gasteiger charge is 2.31. The summed E-state index contributed by atoms with van der Waals surface area (Å²) >= 11 is 0. The lowest BCUT2D eigenvalue weighted by molar-refractivity contribution is -0.0786. The van der Waals surface area contributed by atoms with Crippen molar-refractivity contribution in [2.24, 2.45) is 0 Å². The SMILES string of the molecule is Cc1cc2nc3c([C@H](O)[C@@H](O)[C@H](O)CO)nn(-c4ccccc4)c3nc2cc1C. The van der Waals surface area contributed by atoms with Crippen LogP contribution in [0.15, 0.2) is 42.5 Å². The zero-order valence-electron chi connectivity index (χ0n) is 16.1. The van der Waals surface area contributed by atoms with Crippen molar-refractivity contribution >= 4 is 22.2 Å². The van der Waals surface area contributed by atoms with Crippen LogP contribution in [0.4, 0.5) is 0 Å². The normalized spacial score (nSPS) is 15.0. The van der Waals surface area contributed by atoms with E-state index < -0.39 is 24.9 Å². The monoisotopic (exact) mass is 394 g/mol. The lowest BCUT2D eigenvalue weighted by Crippen LogP contribution is -2.35. The quantitative estimate of drug-likeness (QED) is 0.402. The highest BCUT2D eigenvalue weighted by atomic mass is 16.4. The molecule has 0 saturated carbocycles. The molecule has 2 heterocycles. The average Bonchev–Trinajstić information content (AvgIpc) is 3.10. The molecule has 0 aliphatic carbocycles. The Balaban J connectivity index is 2.00. The molecule has 0 fully saturated rings. The smallest absolute Gasteiger partial charge is 0.182 e. The summed E-state index contributed by atoms with van der Waals surface area (Å²) in [5.41, 5.74) is 5.00. The molecule has 8 heteroatoms. The van der Waals surface area contributed by atoms with Crippen LogP contribution in [0.25, 0.3) is 27.9 Å². The van der Waals surface area contributed by atoms with Crippen molar-refractivity contribution in [2.45, 2.75) is 32.2 Å². The van der Waals surface area contributed by atoms with Crippen molar-refractivity contribution in [1.82, 2.24) is 19.7 Å². The van der Waals surface area contributed by atoms with Gasteiger partial charge in [-0.3, -0.25) is 0 Å². The maximum atomic E-state index is 10.7. The Morgan fingerprint density at radius 3 is 2.17 bits per heavy atom. The highest BCUT2D eigenvalue weighted by molar-refractivity contribution is 5.87. The second-order valence-electron chi connectivity index (χ2n) is 7.14. The molecular weight excluding hydrogens is 372 g/mol. The van der Waals surface area contributed by atoms with E-state index in [0.29, 0.717) is 27.9 Å². The second-order valence-corrected chi connectivity index (χ2v) is 7.14. The van der Waals surface area contributed by atoms with Gasteiger partial charge in [-0.05, 0) is 49.2 Å². The van der Waals surface area contributed by atoms with Crippen LogP contribution < -0.4 is 0 Å². The van der Waals surface area contributed by atoms with Crippen LogP contribution in [0.3, 0.4) is 0 Å². The van der Waals surface area contributed by atoms with Crippen molar-refractivity contribution in [3.63, 3.8) is 0 Å². The van der Waals surface area contributed by atoms with Gasteiger partial charge < -0.3 is 20.4 Å². The van der Waals surface area contributed by atoms with Gasteiger partial charge in [0.05, 0.1) is 23.3 Å². The summed E-state index contributed by atoms with van der Waals surface area (Å²) in [6.45, 7) is 3.28. The molecule has 0 saturated heterocycles. The number of aliphatic hydroxyl groups is 4. The van der Waals surface area contributed by atoms with Gasteiger partial charge in [-0.2, -0.15) is 5.10 Å². The van der Waals surface area contributed by atoms with Crippen molar-refractivity contribution in [2.75, 3.05) is 6.61 Å². The van der Waals surface area contributed by atoms with Crippen molar-refractivity contribution < 1.29 is 20.4 Å². The average molecular weight is 394 g/mol. The van der Waals surface area contributed by atoms with E-state index in [-0.39, 0.29) is 5.69 Å². The van der Waals surface area contributed by atoms with Gasteiger partial charge in [0.15, 0.2) is 5.65 Å². The van der Waals surface area contributed by atoms with E-state index in [0.717, 1.165) is 11.1 Å². The van der Waals surface area contributed by atoms with Gasteiger partial charge in [-0.1, -0.05) is 18.2 Å². The molecular formula is C21H22N4O4. The molecule has 4 N–H and O–H groups in total. The van der Waals surface area contributed by atoms with E-state index in [1.807, 2.05) is 56.3 Å². The highest BCUT2D eigenvalue weighted by Crippen LogP contribution is 2.29. The van der Waals surface area contributed by atoms with Gasteiger partial charge in [0.1, 0.15) is 29.5 Å². The van der Waals surface area contributed by atoms with Crippen LogP contribution in [-0.2, 0) is 0 Å². The fourth-order valence-corrected chi connectivity index (χ4v) is 3.25. The first kappa shape index (κ1) is 19.4. The number of aromatic nitrogens is 4. The van der Waals surface area contributed by atoms with Crippen LogP contribution in [0.5, 0.6) is 0 Å². The van der Waals surface area contributed by atoms with E-state index >= 15 is 0 Å². The summed E-state index contributed by atoms with van der Waals surface area (Å²) in [6.07, 6.45) is -4.69. The van der Waals surface area contributed by atoms with Gasteiger partial charge in [-0.15, -0.1) is 0 Å². The number of fused-ring (bicyclic) bond motifs is 2. The van der Waals surface area contributed by atoms with Gasteiger partial charge in [0.25, 0.3) is 0 Å². The largest absolute Gasteiger partial charge is 0.394 e. The van der Waals surface area contributed by atoms with Crippen molar-refractivity contribution in [3.05, 3.63) is 59.3 Å². The maximum Gasteiger partial charge on any atom is 0.182 e. The second kappa shape index (κ2) is 7.49. The molecule has 0 bridgehead atoms. The van der Waals surface area contributed by atoms with E-state index in [1.54, 1.807) is 4.68 Å². The molecule has 150 valence electrons. The van der Waals surface area contributed by atoms with E-state index in [1.165, 1.54) is 0 Å². The molecule has 0 radical (unpaired) electrons. The minimum atomic E-state index is -1.63. The summed E-state index contributed by atoms with van der Waals surface area (Å²) < 4.78 is 1.55. The van der Waals surface area contributed by atoms with Gasteiger partial charge >= 0.3 is 0 Å². The molecule has 0 unspecified atom stereocenters. The maximum absolute atomic E-state index is 10.7. The van der Waals surface area contributed by atoms with E-state index in [4.69, 9.17) is 10.1 Å². The number of para-hydroxylation sites is 1. The van der Waals surface area contributed by atoms with Gasteiger partial charge in [0, 0.05) is 0 Å². The van der Waals surface area contributed by atoms with E-state index in [2.05, 4.69) is 10.1 Å². The summed E-state index contributed by atoms with van der Waals surface area (Å²) in [5, 5.41) is 44.2. The van der Waals surface area contributed by atoms with E-state index in [9.17, 15) is 15.3 Å². The fraction of sp³-hybridized carbons (Fsp3) is 0.286. The minimum absolute atomic E-state index is 0.0801. The first-order valence-electron chi connectivity index (χ1n) is 9.29. The number of aryl methyl sites for hydroxylation is 2. The predicted octanol–water partition coefficient (Wildman–Crippen LogP) is 1.33. The van der Waals surface area contributed by atoms with Crippen LogP contribution in [0.2, 0.25) is 0 Å². The number of rotatable bonds is 5. The van der Waals surface area contributed by atoms with Crippen LogP contribution in [0.1, 0.15) is 22.9 Å². The molecule has 4 rings (SSSR count). The molecule has 0 amide bonds. The van der Waals surface area contributed by atoms with Gasteiger partial charge in [-0.25, -0.2) is 14.6 Å². The Morgan fingerprint density at radius 2 is 1.55 bits per heavy atom. The molecule has 0 aliphatic rings. The molecule has 29 heavy (non-hydrogen) atoms. The molecule has 2 aromatic heterocycles. The topological polar surface area (TPSA) is 125 Å².